The predicted octanol–water partition coefficient (Wildman–Crippen LogP) is 0.576. The van der Waals surface area contributed by atoms with E-state index in [1.165, 1.54) is 19.3 Å². The summed E-state index contributed by atoms with van der Waals surface area (Å²) in [6.45, 7) is 2.73. The summed E-state index contributed by atoms with van der Waals surface area (Å²) in [4.78, 5) is 29.0. The fourth-order valence-electron chi connectivity index (χ4n) is 1.36. The normalized spacial score (nSPS) is 10.4. The Morgan fingerprint density at radius 3 is 2.65 bits per heavy atom. The largest absolute Gasteiger partial charge is 0.351 e. The minimum absolute atomic E-state index is 0.157. The molecule has 0 saturated carbocycles. The number of nitrogens with one attached hydrogen (secondary N) is 1. The lowest BCUT2D eigenvalue weighted by atomic mass is 10.1. The average Bonchev–Trinajstić information content (AvgIpc) is 2.28. The van der Waals surface area contributed by atoms with E-state index in [1.807, 2.05) is 19.0 Å². The van der Waals surface area contributed by atoms with Crippen LogP contribution in [0.3, 0.4) is 0 Å². The molecule has 0 aliphatic rings. The Kier molecular flexibility index (Phi) is 4.78. The van der Waals surface area contributed by atoms with Crippen LogP contribution in [-0.2, 0) is 0 Å². The van der Waals surface area contributed by atoms with Crippen molar-refractivity contribution in [1.82, 2.24) is 15.2 Å². The summed E-state index contributed by atoms with van der Waals surface area (Å²) in [5.41, 5.74) is 0.737. The van der Waals surface area contributed by atoms with Crippen LogP contribution in [0.1, 0.15) is 27.6 Å². The molecule has 0 atom stereocenters. The molecule has 1 aromatic heterocycles. The van der Waals surface area contributed by atoms with E-state index in [9.17, 15) is 9.59 Å². The van der Waals surface area contributed by atoms with E-state index >= 15 is 0 Å². The Labute approximate surface area is 101 Å². The van der Waals surface area contributed by atoms with Gasteiger partial charge < -0.3 is 10.2 Å². The number of ketones is 1. The van der Waals surface area contributed by atoms with Crippen LogP contribution in [0.15, 0.2) is 18.5 Å². The van der Waals surface area contributed by atoms with Gasteiger partial charge in [-0.3, -0.25) is 14.6 Å². The molecular weight excluding hydrogens is 218 g/mol. The van der Waals surface area contributed by atoms with Crippen LogP contribution >= 0.6 is 0 Å². The number of carbonyl (C=O) groups excluding carboxylic acids is 2. The lowest BCUT2D eigenvalue weighted by Gasteiger charge is -2.11. The van der Waals surface area contributed by atoms with Gasteiger partial charge in [-0.2, -0.15) is 0 Å². The smallest absolute Gasteiger partial charge is 0.252 e. The molecule has 92 valence electrons. The van der Waals surface area contributed by atoms with Crippen molar-refractivity contribution >= 4 is 11.7 Å². The molecule has 17 heavy (non-hydrogen) atoms. The highest BCUT2D eigenvalue weighted by molar-refractivity contribution is 6.06. The number of amides is 1. The molecule has 0 saturated heterocycles. The van der Waals surface area contributed by atoms with Crippen molar-refractivity contribution in [3.8, 4) is 0 Å². The lowest BCUT2D eigenvalue weighted by Crippen LogP contribution is -2.32. The van der Waals surface area contributed by atoms with Gasteiger partial charge in [0.1, 0.15) is 0 Å². The zero-order valence-corrected chi connectivity index (χ0v) is 10.4. The molecule has 0 unspecified atom stereocenters. The first-order valence-corrected chi connectivity index (χ1v) is 5.40. The molecule has 0 aromatic carbocycles. The zero-order valence-electron chi connectivity index (χ0n) is 10.4. The van der Waals surface area contributed by atoms with E-state index < -0.39 is 0 Å². The summed E-state index contributed by atoms with van der Waals surface area (Å²) in [6, 6.07) is 1.56. The Morgan fingerprint density at radius 2 is 2.06 bits per heavy atom. The van der Waals surface area contributed by atoms with Gasteiger partial charge in [0.25, 0.3) is 5.91 Å². The van der Waals surface area contributed by atoms with Gasteiger partial charge in [0, 0.05) is 31.0 Å². The number of likely N-dealkylation sites (N-methyl/N-ethyl adjacent to an activating group) is 1. The maximum atomic E-state index is 11.8. The summed E-state index contributed by atoms with van der Waals surface area (Å²) in [5, 5.41) is 2.76. The highest BCUT2D eigenvalue weighted by atomic mass is 16.2. The Balaban J connectivity index is 2.72. The van der Waals surface area contributed by atoms with Crippen LogP contribution in [0, 0.1) is 0 Å². The topological polar surface area (TPSA) is 62.3 Å². The number of aromatic nitrogens is 1. The standard InChI is InChI=1S/C12H17N3O2/c1-9(16)11-8-13-5-4-10(11)12(17)14-6-7-15(2)3/h4-5,8H,6-7H2,1-3H3,(H,14,17). The minimum Gasteiger partial charge on any atom is -0.351 e. The summed E-state index contributed by atoms with van der Waals surface area (Å²) >= 11 is 0. The molecule has 0 radical (unpaired) electrons. The lowest BCUT2D eigenvalue weighted by molar-refractivity contribution is 0.0936. The fraction of sp³-hybridized carbons (Fsp3) is 0.417. The van der Waals surface area contributed by atoms with E-state index in [-0.39, 0.29) is 11.7 Å². The monoisotopic (exact) mass is 235 g/mol. The Hall–Kier alpha value is -1.75. The number of pyridine rings is 1. The zero-order chi connectivity index (χ0) is 12.8. The van der Waals surface area contributed by atoms with Crippen molar-refractivity contribution < 1.29 is 9.59 Å². The quantitative estimate of drug-likeness (QED) is 0.758. The molecule has 1 rings (SSSR count). The molecule has 0 aliphatic heterocycles. The molecule has 0 bridgehead atoms. The van der Waals surface area contributed by atoms with Crippen molar-refractivity contribution in [3.63, 3.8) is 0 Å². The third-order valence-corrected chi connectivity index (χ3v) is 2.29. The number of hydrogen-bond donors (Lipinski definition) is 1. The molecular formula is C12H17N3O2. The molecule has 0 fully saturated rings. The average molecular weight is 235 g/mol. The first kappa shape index (κ1) is 13.3. The number of nitrogens with zero attached hydrogens (tertiary/aromatic N) is 2. The molecule has 1 amide bonds. The molecule has 1 aromatic rings. The Morgan fingerprint density at radius 1 is 1.35 bits per heavy atom. The van der Waals surface area contributed by atoms with Gasteiger partial charge >= 0.3 is 0 Å². The van der Waals surface area contributed by atoms with Crippen LogP contribution in [0.4, 0.5) is 0 Å². The van der Waals surface area contributed by atoms with E-state index in [4.69, 9.17) is 0 Å². The first-order chi connectivity index (χ1) is 8.02. The maximum absolute atomic E-state index is 11.8. The van der Waals surface area contributed by atoms with Gasteiger partial charge in [0.2, 0.25) is 0 Å². The second-order valence-electron chi connectivity index (χ2n) is 4.04. The molecule has 0 aliphatic carbocycles. The van der Waals surface area contributed by atoms with Crippen LogP contribution in [0.25, 0.3) is 0 Å². The van der Waals surface area contributed by atoms with Gasteiger partial charge in [-0.15, -0.1) is 0 Å². The van der Waals surface area contributed by atoms with E-state index in [0.717, 1.165) is 6.54 Å². The van der Waals surface area contributed by atoms with Crippen molar-refractivity contribution in [1.29, 1.82) is 0 Å². The van der Waals surface area contributed by atoms with Crippen LogP contribution in [0.5, 0.6) is 0 Å². The predicted molar refractivity (Wildman–Crippen MR) is 65.1 cm³/mol. The summed E-state index contributed by atoms with van der Waals surface area (Å²) in [7, 11) is 3.86. The van der Waals surface area contributed by atoms with Crippen molar-refractivity contribution in [2.45, 2.75) is 6.92 Å². The van der Waals surface area contributed by atoms with Crippen LogP contribution < -0.4 is 5.32 Å². The molecule has 1 N–H and O–H groups in total. The van der Waals surface area contributed by atoms with Crippen molar-refractivity contribution in [2.75, 3.05) is 27.2 Å². The van der Waals surface area contributed by atoms with E-state index in [2.05, 4.69) is 10.3 Å². The Bertz CT molecular complexity index is 416. The number of hydrogen-bond acceptors (Lipinski definition) is 4. The SMILES string of the molecule is CC(=O)c1cnccc1C(=O)NCCN(C)C. The highest BCUT2D eigenvalue weighted by Gasteiger charge is 2.13. The van der Waals surface area contributed by atoms with Crippen LogP contribution in [-0.4, -0.2) is 48.8 Å². The van der Waals surface area contributed by atoms with Gasteiger partial charge in [0.05, 0.1) is 5.56 Å². The fourth-order valence-corrected chi connectivity index (χ4v) is 1.36. The van der Waals surface area contributed by atoms with Gasteiger partial charge in [-0.05, 0) is 27.1 Å². The van der Waals surface area contributed by atoms with Gasteiger partial charge in [-0.1, -0.05) is 0 Å². The number of carbonyl (C=O) groups is 2. The van der Waals surface area contributed by atoms with Gasteiger partial charge in [0.15, 0.2) is 5.78 Å². The van der Waals surface area contributed by atoms with Crippen molar-refractivity contribution in [2.24, 2.45) is 0 Å². The summed E-state index contributed by atoms with van der Waals surface area (Å²) < 4.78 is 0. The second-order valence-corrected chi connectivity index (χ2v) is 4.04. The summed E-state index contributed by atoms with van der Waals surface area (Å²) in [6.07, 6.45) is 2.93. The minimum atomic E-state index is -0.237. The van der Waals surface area contributed by atoms with E-state index in [0.29, 0.717) is 17.7 Å². The first-order valence-electron chi connectivity index (χ1n) is 5.40. The summed E-state index contributed by atoms with van der Waals surface area (Å²) in [5.74, 6) is -0.393. The third kappa shape index (κ3) is 3.96. The highest BCUT2D eigenvalue weighted by Crippen LogP contribution is 2.07. The van der Waals surface area contributed by atoms with Crippen LogP contribution in [0.2, 0.25) is 0 Å². The maximum Gasteiger partial charge on any atom is 0.252 e. The number of Topliss-reactive ketones (excluding diaryl/α,β-unsaturated/α-hetero) is 1. The molecule has 0 spiro atoms. The van der Waals surface area contributed by atoms with Crippen molar-refractivity contribution in [3.05, 3.63) is 29.6 Å². The number of rotatable bonds is 5. The second kappa shape index (κ2) is 6.10. The van der Waals surface area contributed by atoms with Gasteiger partial charge in [-0.25, -0.2) is 0 Å². The molecule has 1 heterocycles. The van der Waals surface area contributed by atoms with E-state index in [1.54, 1.807) is 6.07 Å². The molecule has 5 heteroatoms. The third-order valence-electron chi connectivity index (χ3n) is 2.29. The molecule has 5 nitrogen and oxygen atoms in total.